The second-order valence-electron chi connectivity index (χ2n) is 3.84. The topological polar surface area (TPSA) is 49.4 Å². The second-order valence-corrected chi connectivity index (χ2v) is 3.84. The van der Waals surface area contributed by atoms with Gasteiger partial charge in [-0.05, 0) is 26.2 Å². The van der Waals surface area contributed by atoms with Crippen LogP contribution < -0.4 is 0 Å². The van der Waals surface area contributed by atoms with Gasteiger partial charge in [0.2, 0.25) is 0 Å². The quantitative estimate of drug-likeness (QED) is 0.393. The lowest BCUT2D eigenvalue weighted by Gasteiger charge is -2.45. The average Bonchev–Trinajstić information content (AvgIpc) is 2.17. The minimum atomic E-state index is -0.244. The molecule has 0 saturated carbocycles. The lowest BCUT2D eigenvalue weighted by molar-refractivity contribution is -0.884. The van der Waals surface area contributed by atoms with Gasteiger partial charge in [0.1, 0.15) is 0 Å². The zero-order valence-corrected chi connectivity index (χ0v) is 8.83. The van der Waals surface area contributed by atoms with Gasteiger partial charge in [0, 0.05) is 0 Å². The number of hydrogen-bond acceptors (Lipinski definition) is 3. The van der Waals surface area contributed by atoms with Gasteiger partial charge in [-0.2, -0.15) is 0 Å². The summed E-state index contributed by atoms with van der Waals surface area (Å²) < 4.78 is 4.59. The highest BCUT2D eigenvalue weighted by atomic mass is 16.5. The van der Waals surface area contributed by atoms with Crippen LogP contribution >= 0.6 is 0 Å². The number of carbonyl (C=O) groups is 1. The number of rotatable bonds is 4. The number of quaternary nitrogens is 1. The lowest BCUT2D eigenvalue weighted by atomic mass is 10.1. The van der Waals surface area contributed by atoms with Gasteiger partial charge in [-0.25, -0.2) is 0 Å². The van der Waals surface area contributed by atoms with Crippen LogP contribution in [0.25, 0.3) is 0 Å². The molecule has 0 bridgehead atoms. The van der Waals surface area contributed by atoms with Crippen molar-refractivity contribution in [2.24, 2.45) is 0 Å². The van der Waals surface area contributed by atoms with Crippen LogP contribution in [-0.2, 0) is 9.53 Å². The SMILES string of the molecule is CCOC(=O)CC[N+]1([O-])CCCCC1. The largest absolute Gasteiger partial charge is 0.633 e. The zero-order chi connectivity index (χ0) is 10.4. The van der Waals surface area contributed by atoms with Crippen LogP contribution in [0.1, 0.15) is 32.6 Å². The summed E-state index contributed by atoms with van der Waals surface area (Å²) in [5, 5.41) is 12.0. The number of nitrogens with zero attached hydrogens (tertiary/aromatic N) is 1. The van der Waals surface area contributed by atoms with E-state index in [9.17, 15) is 10.0 Å². The Morgan fingerprint density at radius 2 is 2.00 bits per heavy atom. The van der Waals surface area contributed by atoms with Crippen LogP contribution in [0.5, 0.6) is 0 Å². The number of piperidine rings is 1. The molecule has 0 spiro atoms. The average molecular weight is 201 g/mol. The van der Waals surface area contributed by atoms with Gasteiger partial charge in [-0.3, -0.25) is 4.79 Å². The summed E-state index contributed by atoms with van der Waals surface area (Å²) in [6, 6.07) is 0. The maximum atomic E-state index is 12.0. The minimum Gasteiger partial charge on any atom is -0.633 e. The van der Waals surface area contributed by atoms with E-state index in [4.69, 9.17) is 4.74 Å². The fourth-order valence-corrected chi connectivity index (χ4v) is 1.84. The van der Waals surface area contributed by atoms with Gasteiger partial charge < -0.3 is 14.6 Å². The fourth-order valence-electron chi connectivity index (χ4n) is 1.84. The smallest absolute Gasteiger partial charge is 0.311 e. The summed E-state index contributed by atoms with van der Waals surface area (Å²) in [6.45, 7) is 3.90. The molecule has 0 unspecified atom stereocenters. The summed E-state index contributed by atoms with van der Waals surface area (Å²) in [5.74, 6) is -0.244. The van der Waals surface area contributed by atoms with Gasteiger partial charge in [-0.1, -0.05) is 0 Å². The first-order valence-corrected chi connectivity index (χ1v) is 5.39. The first-order chi connectivity index (χ1) is 6.66. The normalized spacial score (nSPS) is 20.4. The van der Waals surface area contributed by atoms with Gasteiger partial charge in [0.15, 0.2) is 0 Å². The Morgan fingerprint density at radius 1 is 1.36 bits per heavy atom. The van der Waals surface area contributed by atoms with Crippen molar-refractivity contribution in [1.29, 1.82) is 0 Å². The van der Waals surface area contributed by atoms with Crippen molar-refractivity contribution >= 4 is 5.97 Å². The molecule has 0 N–H and O–H groups in total. The van der Waals surface area contributed by atoms with E-state index in [-0.39, 0.29) is 17.0 Å². The van der Waals surface area contributed by atoms with Crippen LogP contribution in [0.2, 0.25) is 0 Å². The van der Waals surface area contributed by atoms with E-state index in [1.807, 2.05) is 0 Å². The third kappa shape index (κ3) is 3.64. The maximum Gasteiger partial charge on any atom is 0.311 e. The van der Waals surface area contributed by atoms with E-state index in [1.54, 1.807) is 6.92 Å². The molecule has 1 heterocycles. The van der Waals surface area contributed by atoms with Crippen LogP contribution in [0.3, 0.4) is 0 Å². The summed E-state index contributed by atoms with van der Waals surface area (Å²) in [7, 11) is 0. The Bertz CT molecular complexity index is 188. The first kappa shape index (κ1) is 11.5. The number of ether oxygens (including phenoxy) is 1. The van der Waals surface area contributed by atoms with Gasteiger partial charge in [0.25, 0.3) is 0 Å². The van der Waals surface area contributed by atoms with E-state index in [2.05, 4.69) is 0 Å². The number of hydrogen-bond donors (Lipinski definition) is 0. The van der Waals surface area contributed by atoms with Crippen molar-refractivity contribution in [2.45, 2.75) is 32.6 Å². The maximum absolute atomic E-state index is 12.0. The molecule has 1 aliphatic rings. The van der Waals surface area contributed by atoms with Crippen molar-refractivity contribution in [3.63, 3.8) is 0 Å². The van der Waals surface area contributed by atoms with E-state index in [1.165, 1.54) is 0 Å². The molecule has 1 rings (SSSR count). The summed E-state index contributed by atoms with van der Waals surface area (Å²) in [6.07, 6.45) is 3.40. The van der Waals surface area contributed by atoms with E-state index in [0.29, 0.717) is 26.2 Å². The van der Waals surface area contributed by atoms with Crippen LogP contribution in [0.4, 0.5) is 0 Å². The van der Waals surface area contributed by atoms with Gasteiger partial charge >= 0.3 is 5.97 Å². The van der Waals surface area contributed by atoms with Crippen LogP contribution in [0, 0.1) is 5.21 Å². The molecule has 14 heavy (non-hydrogen) atoms. The number of carbonyl (C=O) groups excluding carboxylic acids is 1. The highest BCUT2D eigenvalue weighted by molar-refractivity contribution is 5.69. The van der Waals surface area contributed by atoms with Gasteiger partial charge in [-0.15, -0.1) is 0 Å². The molecule has 1 aliphatic heterocycles. The third-order valence-electron chi connectivity index (χ3n) is 2.66. The van der Waals surface area contributed by atoms with Crippen LogP contribution in [0.15, 0.2) is 0 Å². The Balaban J connectivity index is 2.24. The number of esters is 1. The molecule has 0 aromatic carbocycles. The van der Waals surface area contributed by atoms with E-state index < -0.39 is 0 Å². The monoisotopic (exact) mass is 201 g/mol. The molecular weight excluding hydrogens is 182 g/mol. The Labute approximate surface area is 85.0 Å². The molecule has 4 heteroatoms. The number of likely N-dealkylation sites (tertiary alicyclic amines) is 1. The Kier molecular flexibility index (Phi) is 4.35. The highest BCUT2D eigenvalue weighted by Crippen LogP contribution is 2.17. The molecule has 0 atom stereocenters. The van der Waals surface area contributed by atoms with Crippen molar-refractivity contribution in [2.75, 3.05) is 26.2 Å². The standard InChI is InChI=1S/C10H19NO3/c1-2-14-10(12)6-9-11(13)7-4-3-5-8-11/h2-9H2,1H3. The molecule has 1 fully saturated rings. The third-order valence-corrected chi connectivity index (χ3v) is 2.66. The zero-order valence-electron chi connectivity index (χ0n) is 8.83. The van der Waals surface area contributed by atoms with Gasteiger partial charge in [0.05, 0.1) is 32.7 Å². The predicted molar refractivity (Wildman–Crippen MR) is 53.3 cm³/mol. The second kappa shape index (κ2) is 5.32. The molecule has 4 nitrogen and oxygen atoms in total. The summed E-state index contributed by atoms with van der Waals surface area (Å²) in [4.78, 5) is 11.1. The molecule has 0 aromatic heterocycles. The summed E-state index contributed by atoms with van der Waals surface area (Å²) >= 11 is 0. The molecule has 1 saturated heterocycles. The van der Waals surface area contributed by atoms with Crippen LogP contribution in [-0.4, -0.2) is 36.9 Å². The minimum absolute atomic E-state index is 0.196. The fraction of sp³-hybridized carbons (Fsp3) is 0.900. The van der Waals surface area contributed by atoms with E-state index in [0.717, 1.165) is 19.3 Å². The molecule has 0 aromatic rings. The molecule has 0 amide bonds. The molecular formula is C10H19NO3. The summed E-state index contributed by atoms with van der Waals surface area (Å²) in [5.41, 5.74) is 0. The van der Waals surface area contributed by atoms with Crippen molar-refractivity contribution < 1.29 is 14.2 Å². The van der Waals surface area contributed by atoms with Crippen molar-refractivity contribution in [3.05, 3.63) is 5.21 Å². The van der Waals surface area contributed by atoms with E-state index >= 15 is 0 Å². The highest BCUT2D eigenvalue weighted by Gasteiger charge is 2.21. The van der Waals surface area contributed by atoms with Crippen molar-refractivity contribution in [3.8, 4) is 0 Å². The molecule has 82 valence electrons. The van der Waals surface area contributed by atoms with Crippen molar-refractivity contribution in [1.82, 2.24) is 0 Å². The molecule has 0 aliphatic carbocycles. The lowest BCUT2D eigenvalue weighted by Crippen LogP contribution is -2.47. The first-order valence-electron chi connectivity index (χ1n) is 5.39. The number of hydroxylamine groups is 3. The Hall–Kier alpha value is -0.610. The Morgan fingerprint density at radius 3 is 2.57 bits per heavy atom. The predicted octanol–water partition coefficient (Wildman–Crippen LogP) is 1.44. The molecule has 0 radical (unpaired) electrons.